The van der Waals surface area contributed by atoms with Crippen LogP contribution in [0.1, 0.15) is 19.8 Å². The molecule has 4 nitrogen and oxygen atoms in total. The summed E-state index contributed by atoms with van der Waals surface area (Å²) in [5, 5.41) is 6.19. The molecule has 74 valence electrons. The van der Waals surface area contributed by atoms with E-state index in [0.717, 1.165) is 25.9 Å². The highest BCUT2D eigenvalue weighted by atomic mass is 16.2. The van der Waals surface area contributed by atoms with Gasteiger partial charge in [0.15, 0.2) is 0 Å². The second-order valence-corrected chi connectivity index (χ2v) is 4.47. The van der Waals surface area contributed by atoms with Gasteiger partial charge in [0, 0.05) is 18.6 Å². The molecule has 0 aromatic heterocycles. The van der Waals surface area contributed by atoms with Crippen molar-refractivity contribution in [2.45, 2.75) is 31.8 Å². The lowest BCUT2D eigenvalue weighted by Gasteiger charge is -2.21. The Bertz CT molecular complexity index is 223. The van der Waals surface area contributed by atoms with Crippen LogP contribution in [0.4, 0.5) is 0 Å². The van der Waals surface area contributed by atoms with E-state index in [9.17, 15) is 4.79 Å². The summed E-state index contributed by atoms with van der Waals surface area (Å²) in [6, 6.07) is 0.437. The first-order valence-corrected chi connectivity index (χ1v) is 4.89. The van der Waals surface area contributed by atoms with E-state index in [2.05, 4.69) is 10.6 Å². The Balaban J connectivity index is 1.88. The largest absolute Gasteiger partial charge is 0.351 e. The second-order valence-electron chi connectivity index (χ2n) is 4.47. The smallest absolute Gasteiger partial charge is 0.227 e. The average Bonchev–Trinajstić information content (AvgIpc) is 2.62. The molecule has 13 heavy (non-hydrogen) atoms. The molecule has 3 unspecified atom stereocenters. The minimum absolute atomic E-state index is 0.162. The predicted molar refractivity (Wildman–Crippen MR) is 50.1 cm³/mol. The minimum Gasteiger partial charge on any atom is -0.351 e. The Hall–Kier alpha value is -0.610. The highest BCUT2D eigenvalue weighted by Gasteiger charge is 2.41. The molecule has 1 heterocycles. The van der Waals surface area contributed by atoms with Crippen LogP contribution in [0.5, 0.6) is 0 Å². The first kappa shape index (κ1) is 8.97. The molecule has 2 fully saturated rings. The van der Waals surface area contributed by atoms with Crippen LogP contribution in [0.2, 0.25) is 0 Å². The van der Waals surface area contributed by atoms with Crippen molar-refractivity contribution in [2.75, 3.05) is 13.1 Å². The summed E-state index contributed by atoms with van der Waals surface area (Å²) in [4.78, 5) is 11.8. The van der Waals surface area contributed by atoms with Crippen molar-refractivity contribution >= 4 is 5.91 Å². The van der Waals surface area contributed by atoms with Crippen molar-refractivity contribution in [1.29, 1.82) is 0 Å². The van der Waals surface area contributed by atoms with Gasteiger partial charge in [-0.3, -0.25) is 4.79 Å². The Morgan fingerprint density at radius 1 is 1.69 bits per heavy atom. The zero-order chi connectivity index (χ0) is 9.47. The molecule has 4 heteroatoms. The van der Waals surface area contributed by atoms with Gasteiger partial charge in [-0.15, -0.1) is 0 Å². The van der Waals surface area contributed by atoms with Crippen molar-refractivity contribution in [1.82, 2.24) is 10.6 Å². The summed E-state index contributed by atoms with van der Waals surface area (Å²) in [5.74, 6) is 0.162. The molecule has 0 aromatic carbocycles. The van der Waals surface area contributed by atoms with Gasteiger partial charge < -0.3 is 16.4 Å². The van der Waals surface area contributed by atoms with E-state index in [0.29, 0.717) is 0 Å². The number of hydrogen-bond acceptors (Lipinski definition) is 3. The van der Waals surface area contributed by atoms with Crippen LogP contribution < -0.4 is 16.4 Å². The summed E-state index contributed by atoms with van der Waals surface area (Å²) in [5.41, 5.74) is 5.42. The highest BCUT2D eigenvalue weighted by Crippen LogP contribution is 2.27. The van der Waals surface area contributed by atoms with Gasteiger partial charge in [-0.25, -0.2) is 0 Å². The lowest BCUT2D eigenvalue weighted by molar-refractivity contribution is -0.129. The maximum absolute atomic E-state index is 11.8. The number of nitrogens with two attached hydrogens (primary N) is 1. The molecule has 0 aromatic rings. The molecule has 2 aliphatic rings. The number of nitrogens with one attached hydrogen (secondary N) is 2. The molecule has 1 saturated carbocycles. The van der Waals surface area contributed by atoms with Gasteiger partial charge in [0.2, 0.25) is 5.91 Å². The maximum Gasteiger partial charge on any atom is 0.227 e. The van der Waals surface area contributed by atoms with Crippen LogP contribution in [0.15, 0.2) is 0 Å². The lowest BCUT2D eigenvalue weighted by atomic mass is 9.89. The number of rotatable bonds is 2. The molecule has 0 radical (unpaired) electrons. The van der Waals surface area contributed by atoms with Crippen LogP contribution in [0.3, 0.4) is 0 Å². The summed E-state index contributed by atoms with van der Waals surface area (Å²) < 4.78 is 0. The first-order valence-electron chi connectivity index (χ1n) is 4.89. The fourth-order valence-electron chi connectivity index (χ4n) is 1.73. The maximum atomic E-state index is 11.8. The van der Waals surface area contributed by atoms with Crippen molar-refractivity contribution in [2.24, 2.45) is 11.1 Å². The number of hydrogen-bond donors (Lipinski definition) is 3. The van der Waals surface area contributed by atoms with E-state index in [4.69, 9.17) is 5.73 Å². The zero-order valence-electron chi connectivity index (χ0n) is 7.97. The lowest BCUT2D eigenvalue weighted by Crippen LogP contribution is -2.42. The quantitative estimate of drug-likeness (QED) is 0.525. The Labute approximate surface area is 78.2 Å². The molecular weight excluding hydrogens is 166 g/mol. The second kappa shape index (κ2) is 2.96. The topological polar surface area (TPSA) is 67.2 Å². The standard InChI is InChI=1S/C9H17N3O/c1-9(2-3-11-5-9)8(13)12-7-4-6(7)10/h6-7,11H,2-5,10H2,1H3,(H,12,13). The number of carbonyl (C=O) groups excluding carboxylic acids is 1. The Kier molecular flexibility index (Phi) is 2.04. The molecule has 0 bridgehead atoms. The Morgan fingerprint density at radius 2 is 2.38 bits per heavy atom. The van der Waals surface area contributed by atoms with Crippen molar-refractivity contribution in [3.05, 3.63) is 0 Å². The minimum atomic E-state index is -0.206. The highest BCUT2D eigenvalue weighted by molar-refractivity contribution is 5.83. The molecular formula is C9H17N3O. The predicted octanol–water partition coefficient (Wildman–Crippen LogP) is -0.798. The molecule has 3 atom stereocenters. The van der Waals surface area contributed by atoms with Crippen molar-refractivity contribution in [3.8, 4) is 0 Å². The molecule has 1 amide bonds. The monoisotopic (exact) mass is 183 g/mol. The zero-order valence-corrected chi connectivity index (χ0v) is 7.97. The van der Waals surface area contributed by atoms with Crippen molar-refractivity contribution < 1.29 is 4.79 Å². The van der Waals surface area contributed by atoms with E-state index in [1.807, 2.05) is 6.92 Å². The third-order valence-electron chi connectivity index (χ3n) is 3.07. The summed E-state index contributed by atoms with van der Waals surface area (Å²) in [7, 11) is 0. The van der Waals surface area contributed by atoms with E-state index >= 15 is 0 Å². The number of amides is 1. The molecule has 0 spiro atoms. The molecule has 2 rings (SSSR count). The van der Waals surface area contributed by atoms with E-state index < -0.39 is 0 Å². The van der Waals surface area contributed by atoms with Crippen LogP contribution in [-0.2, 0) is 4.79 Å². The summed E-state index contributed by atoms with van der Waals surface area (Å²) in [6.45, 7) is 3.75. The third-order valence-corrected chi connectivity index (χ3v) is 3.07. The van der Waals surface area contributed by atoms with Gasteiger partial charge in [0.05, 0.1) is 5.41 Å². The van der Waals surface area contributed by atoms with Gasteiger partial charge in [0.25, 0.3) is 0 Å². The summed E-state index contributed by atoms with van der Waals surface area (Å²) in [6.07, 6.45) is 1.87. The van der Waals surface area contributed by atoms with Crippen LogP contribution >= 0.6 is 0 Å². The van der Waals surface area contributed by atoms with Gasteiger partial charge in [-0.05, 0) is 26.3 Å². The fourth-order valence-corrected chi connectivity index (χ4v) is 1.73. The fraction of sp³-hybridized carbons (Fsp3) is 0.889. The average molecular weight is 183 g/mol. The number of carbonyl (C=O) groups is 1. The first-order chi connectivity index (χ1) is 6.12. The van der Waals surface area contributed by atoms with Crippen LogP contribution in [-0.4, -0.2) is 31.1 Å². The van der Waals surface area contributed by atoms with Crippen molar-refractivity contribution in [3.63, 3.8) is 0 Å². The van der Waals surface area contributed by atoms with Gasteiger partial charge in [-0.1, -0.05) is 0 Å². The van der Waals surface area contributed by atoms with Gasteiger partial charge >= 0.3 is 0 Å². The van der Waals surface area contributed by atoms with E-state index in [-0.39, 0.29) is 23.4 Å². The van der Waals surface area contributed by atoms with Crippen LogP contribution in [0, 0.1) is 5.41 Å². The molecule has 1 aliphatic heterocycles. The normalized spacial score (nSPS) is 43.2. The molecule has 1 aliphatic carbocycles. The van der Waals surface area contributed by atoms with Crippen LogP contribution in [0.25, 0.3) is 0 Å². The Morgan fingerprint density at radius 3 is 2.85 bits per heavy atom. The molecule has 4 N–H and O–H groups in total. The summed E-state index contributed by atoms with van der Waals surface area (Å²) >= 11 is 0. The van der Waals surface area contributed by atoms with E-state index in [1.165, 1.54) is 0 Å². The van der Waals surface area contributed by atoms with Gasteiger partial charge in [0.1, 0.15) is 0 Å². The SMILES string of the molecule is CC1(C(=O)NC2CC2N)CCNC1. The molecule has 1 saturated heterocycles. The van der Waals surface area contributed by atoms with E-state index in [1.54, 1.807) is 0 Å². The third kappa shape index (κ3) is 1.69. The van der Waals surface area contributed by atoms with Gasteiger partial charge in [-0.2, -0.15) is 0 Å².